The van der Waals surface area contributed by atoms with Crippen molar-refractivity contribution in [1.29, 1.82) is 0 Å². The molecule has 3 N–H and O–H groups in total. The van der Waals surface area contributed by atoms with E-state index in [9.17, 15) is 9.59 Å². The fourth-order valence-corrected chi connectivity index (χ4v) is 4.25. The summed E-state index contributed by atoms with van der Waals surface area (Å²) in [6, 6.07) is 6.04. The van der Waals surface area contributed by atoms with E-state index < -0.39 is 0 Å². The van der Waals surface area contributed by atoms with Gasteiger partial charge in [-0.3, -0.25) is 14.6 Å². The highest BCUT2D eigenvalue weighted by atomic mass is 16.2. The zero-order chi connectivity index (χ0) is 17.2. The van der Waals surface area contributed by atoms with Crippen LogP contribution in [0.15, 0.2) is 24.4 Å². The Morgan fingerprint density at radius 2 is 2.08 bits per heavy atom. The van der Waals surface area contributed by atoms with Crippen LogP contribution in [0.1, 0.15) is 44.2 Å². The molecule has 1 spiro atoms. The number of carbonyl (C=O) groups is 2. The van der Waals surface area contributed by atoms with E-state index in [0.717, 1.165) is 37.9 Å². The molecule has 24 heavy (non-hydrogen) atoms. The number of likely N-dealkylation sites (tertiary alicyclic amines) is 1. The Morgan fingerprint density at radius 3 is 2.67 bits per heavy atom. The van der Waals surface area contributed by atoms with E-state index in [0.29, 0.717) is 13.0 Å². The SMILES string of the molecule is CN[C@]1(c2ccccn2)CC[C@@]2(CC1)CC(=O)N(CCC(N)=O)C2. The van der Waals surface area contributed by atoms with Crippen LogP contribution in [0.5, 0.6) is 0 Å². The van der Waals surface area contributed by atoms with E-state index >= 15 is 0 Å². The van der Waals surface area contributed by atoms with Crippen LogP contribution in [-0.4, -0.2) is 41.8 Å². The second-order valence-corrected chi connectivity index (χ2v) is 7.26. The van der Waals surface area contributed by atoms with Crippen LogP contribution in [0.25, 0.3) is 0 Å². The third-order valence-electron chi connectivity index (χ3n) is 5.83. The maximum atomic E-state index is 12.3. The predicted octanol–water partition coefficient (Wildman–Crippen LogP) is 1.16. The summed E-state index contributed by atoms with van der Waals surface area (Å²) in [4.78, 5) is 29.7. The van der Waals surface area contributed by atoms with Crippen molar-refractivity contribution in [2.24, 2.45) is 11.1 Å². The molecule has 1 aliphatic carbocycles. The van der Waals surface area contributed by atoms with Crippen molar-refractivity contribution >= 4 is 11.8 Å². The third-order valence-corrected chi connectivity index (χ3v) is 5.83. The van der Waals surface area contributed by atoms with E-state index in [4.69, 9.17) is 5.73 Å². The van der Waals surface area contributed by atoms with Crippen molar-refractivity contribution in [3.63, 3.8) is 0 Å². The molecule has 0 radical (unpaired) electrons. The number of aromatic nitrogens is 1. The molecule has 1 aromatic rings. The summed E-state index contributed by atoms with van der Waals surface area (Å²) in [7, 11) is 1.99. The van der Waals surface area contributed by atoms with Gasteiger partial charge in [0.05, 0.1) is 11.2 Å². The number of amides is 2. The molecule has 0 atom stereocenters. The number of hydrogen-bond acceptors (Lipinski definition) is 4. The van der Waals surface area contributed by atoms with Crippen LogP contribution in [0.4, 0.5) is 0 Å². The first-order chi connectivity index (χ1) is 11.5. The summed E-state index contributed by atoms with van der Waals surface area (Å²) >= 11 is 0. The van der Waals surface area contributed by atoms with Crippen molar-refractivity contribution in [3.8, 4) is 0 Å². The largest absolute Gasteiger partial charge is 0.370 e. The average molecular weight is 330 g/mol. The molecule has 6 nitrogen and oxygen atoms in total. The highest BCUT2D eigenvalue weighted by molar-refractivity contribution is 5.80. The summed E-state index contributed by atoms with van der Waals surface area (Å²) in [5.41, 5.74) is 6.24. The standard InChI is InChI=1S/C18H26N4O2/c1-20-18(14-4-2-3-10-21-14)8-6-17(7-9-18)12-16(24)22(13-17)11-5-15(19)23/h2-4,10,20H,5-9,11-13H2,1H3,(H2,19,23)/t17-,18-. The number of primary amides is 1. The van der Waals surface area contributed by atoms with E-state index in [1.807, 2.05) is 30.3 Å². The number of nitrogens with one attached hydrogen (secondary N) is 1. The van der Waals surface area contributed by atoms with E-state index in [1.54, 1.807) is 0 Å². The minimum atomic E-state index is -0.350. The maximum Gasteiger partial charge on any atom is 0.223 e. The molecule has 1 aromatic heterocycles. The summed E-state index contributed by atoms with van der Waals surface area (Å²) < 4.78 is 0. The smallest absolute Gasteiger partial charge is 0.223 e. The van der Waals surface area contributed by atoms with Gasteiger partial charge in [0.2, 0.25) is 11.8 Å². The lowest BCUT2D eigenvalue weighted by Crippen LogP contribution is -2.47. The minimum absolute atomic E-state index is 0.0455. The van der Waals surface area contributed by atoms with Crippen LogP contribution >= 0.6 is 0 Å². The molecule has 130 valence electrons. The zero-order valence-corrected chi connectivity index (χ0v) is 14.3. The van der Waals surface area contributed by atoms with Gasteiger partial charge in [-0.1, -0.05) is 6.07 Å². The van der Waals surface area contributed by atoms with Crippen molar-refractivity contribution in [3.05, 3.63) is 30.1 Å². The van der Waals surface area contributed by atoms with Crippen molar-refractivity contribution < 1.29 is 9.59 Å². The first kappa shape index (κ1) is 16.9. The molecule has 1 saturated carbocycles. The van der Waals surface area contributed by atoms with Crippen molar-refractivity contribution in [2.45, 2.75) is 44.1 Å². The van der Waals surface area contributed by atoms with Gasteiger partial charge in [0.25, 0.3) is 0 Å². The zero-order valence-electron chi connectivity index (χ0n) is 14.3. The Morgan fingerprint density at radius 1 is 1.33 bits per heavy atom. The van der Waals surface area contributed by atoms with Gasteiger partial charge in [0.1, 0.15) is 0 Å². The van der Waals surface area contributed by atoms with Gasteiger partial charge in [-0.25, -0.2) is 0 Å². The van der Waals surface area contributed by atoms with Crippen LogP contribution in [0, 0.1) is 5.41 Å². The summed E-state index contributed by atoms with van der Waals surface area (Å²) in [6.45, 7) is 1.20. The lowest BCUT2D eigenvalue weighted by Gasteiger charge is -2.44. The molecule has 0 aromatic carbocycles. The Labute approximate surface area is 142 Å². The lowest BCUT2D eigenvalue weighted by molar-refractivity contribution is -0.128. The van der Waals surface area contributed by atoms with Gasteiger partial charge >= 0.3 is 0 Å². The molecule has 1 saturated heterocycles. The third kappa shape index (κ3) is 3.15. The first-order valence-electron chi connectivity index (χ1n) is 8.65. The molecule has 6 heteroatoms. The first-order valence-corrected chi connectivity index (χ1v) is 8.65. The van der Waals surface area contributed by atoms with Crippen molar-refractivity contribution in [1.82, 2.24) is 15.2 Å². The van der Waals surface area contributed by atoms with Gasteiger partial charge in [-0.05, 0) is 50.3 Å². The molecule has 2 heterocycles. The Kier molecular flexibility index (Phi) is 4.58. The van der Waals surface area contributed by atoms with Gasteiger partial charge in [-0.15, -0.1) is 0 Å². The molecule has 0 bridgehead atoms. The summed E-state index contributed by atoms with van der Waals surface area (Å²) in [5.74, 6) is -0.192. The van der Waals surface area contributed by atoms with Gasteiger partial charge in [0.15, 0.2) is 0 Å². The van der Waals surface area contributed by atoms with Crippen molar-refractivity contribution in [2.75, 3.05) is 20.1 Å². The summed E-state index contributed by atoms with van der Waals surface area (Å²) in [5, 5.41) is 3.48. The molecule has 2 amide bonds. The van der Waals surface area contributed by atoms with Crippen LogP contribution < -0.4 is 11.1 Å². The van der Waals surface area contributed by atoms with Crippen LogP contribution in [-0.2, 0) is 15.1 Å². The molecule has 1 aliphatic heterocycles. The molecule has 0 unspecified atom stereocenters. The van der Waals surface area contributed by atoms with Gasteiger partial charge < -0.3 is 16.0 Å². The Hall–Kier alpha value is -1.95. The quantitative estimate of drug-likeness (QED) is 0.848. The number of nitrogens with zero attached hydrogens (tertiary/aromatic N) is 2. The molecule has 3 rings (SSSR count). The van der Waals surface area contributed by atoms with E-state index in [-0.39, 0.29) is 29.2 Å². The second-order valence-electron chi connectivity index (χ2n) is 7.26. The number of hydrogen-bond donors (Lipinski definition) is 2. The predicted molar refractivity (Wildman–Crippen MR) is 90.9 cm³/mol. The fourth-order valence-electron chi connectivity index (χ4n) is 4.25. The maximum absolute atomic E-state index is 12.3. The number of carbonyl (C=O) groups excluding carboxylic acids is 2. The summed E-state index contributed by atoms with van der Waals surface area (Å²) in [6.07, 6.45) is 6.59. The van der Waals surface area contributed by atoms with Gasteiger partial charge in [-0.2, -0.15) is 0 Å². The monoisotopic (exact) mass is 330 g/mol. The molecular weight excluding hydrogens is 304 g/mol. The van der Waals surface area contributed by atoms with E-state index in [1.165, 1.54) is 0 Å². The van der Waals surface area contributed by atoms with Crippen LogP contribution in [0.2, 0.25) is 0 Å². The topological polar surface area (TPSA) is 88.3 Å². The van der Waals surface area contributed by atoms with E-state index in [2.05, 4.69) is 16.4 Å². The Balaban J connectivity index is 1.68. The molecule has 2 fully saturated rings. The van der Waals surface area contributed by atoms with Crippen LogP contribution in [0.3, 0.4) is 0 Å². The number of nitrogens with two attached hydrogens (primary N) is 1. The second kappa shape index (κ2) is 6.51. The molecule has 2 aliphatic rings. The molecular formula is C18H26N4O2. The lowest BCUT2D eigenvalue weighted by atomic mass is 9.66. The Bertz CT molecular complexity index is 609. The number of pyridine rings is 1. The highest BCUT2D eigenvalue weighted by Crippen LogP contribution is 2.49. The van der Waals surface area contributed by atoms with Gasteiger partial charge in [0, 0.05) is 32.1 Å². The number of rotatable bonds is 5. The fraction of sp³-hybridized carbons (Fsp3) is 0.611. The normalized spacial score (nSPS) is 30.0. The average Bonchev–Trinajstić information content (AvgIpc) is 2.90. The highest BCUT2D eigenvalue weighted by Gasteiger charge is 2.49. The minimum Gasteiger partial charge on any atom is -0.370 e.